The van der Waals surface area contributed by atoms with Gasteiger partial charge in [-0.1, -0.05) is 25.7 Å². The summed E-state index contributed by atoms with van der Waals surface area (Å²) in [6, 6.07) is 0.659. The Morgan fingerprint density at radius 3 is 2.54 bits per heavy atom. The van der Waals surface area contributed by atoms with Crippen LogP contribution in [0.3, 0.4) is 0 Å². The van der Waals surface area contributed by atoms with E-state index in [1.807, 2.05) is 0 Å². The van der Waals surface area contributed by atoms with Crippen LogP contribution in [0.25, 0.3) is 0 Å². The maximum absolute atomic E-state index is 12.4. The molecule has 0 atom stereocenters. The van der Waals surface area contributed by atoms with Crippen molar-refractivity contribution in [3.05, 3.63) is 16.1 Å². The molecule has 5 nitrogen and oxygen atoms in total. The van der Waals surface area contributed by atoms with Gasteiger partial charge in [0.15, 0.2) is 0 Å². The average molecular weight is 379 g/mol. The summed E-state index contributed by atoms with van der Waals surface area (Å²) in [5.74, 6) is 0.429. The molecular weight excluding hydrogens is 344 g/mol. The largest absolute Gasteiger partial charge is 0.355 e. The fraction of sp³-hybridized carbons (Fsp3) is 0.800. The SMILES string of the molecule is Cc1nc(CN2CCC(C(=O)NCCNC3CCCCCC3)CC2)cs1. The lowest BCUT2D eigenvalue weighted by Gasteiger charge is -2.30. The average Bonchev–Trinajstić information content (AvgIpc) is 2.89. The van der Waals surface area contributed by atoms with Gasteiger partial charge < -0.3 is 10.6 Å². The lowest BCUT2D eigenvalue weighted by atomic mass is 9.96. The van der Waals surface area contributed by atoms with Crippen LogP contribution in [0.1, 0.15) is 62.1 Å². The molecule has 0 bridgehead atoms. The van der Waals surface area contributed by atoms with Gasteiger partial charge in [-0.25, -0.2) is 4.98 Å². The molecule has 1 aliphatic carbocycles. The third kappa shape index (κ3) is 6.32. The number of carbonyl (C=O) groups excluding carboxylic acids is 1. The Hall–Kier alpha value is -0.980. The highest BCUT2D eigenvalue weighted by molar-refractivity contribution is 7.09. The summed E-state index contributed by atoms with van der Waals surface area (Å²) < 4.78 is 0. The standard InChI is InChI=1S/C20H34N4OS/c1-16-23-19(15-26-16)14-24-12-8-17(9-13-24)20(25)22-11-10-21-18-6-4-2-3-5-7-18/h15,17-18,21H,2-14H2,1H3,(H,22,25). The first-order valence-electron chi connectivity index (χ1n) is 10.3. The van der Waals surface area contributed by atoms with E-state index in [2.05, 4.69) is 32.8 Å². The monoisotopic (exact) mass is 378 g/mol. The molecule has 0 unspecified atom stereocenters. The lowest BCUT2D eigenvalue weighted by molar-refractivity contribution is -0.126. The first-order chi connectivity index (χ1) is 12.7. The number of aryl methyl sites for hydroxylation is 1. The molecule has 0 aromatic carbocycles. The number of nitrogens with zero attached hydrogens (tertiary/aromatic N) is 2. The van der Waals surface area contributed by atoms with Gasteiger partial charge in [-0.05, 0) is 45.7 Å². The minimum absolute atomic E-state index is 0.182. The van der Waals surface area contributed by atoms with Crippen LogP contribution in [0.4, 0.5) is 0 Å². The van der Waals surface area contributed by atoms with E-state index in [4.69, 9.17) is 0 Å². The zero-order valence-corrected chi connectivity index (χ0v) is 17.0. The van der Waals surface area contributed by atoms with Crippen molar-refractivity contribution in [2.45, 2.75) is 70.9 Å². The molecule has 2 N–H and O–H groups in total. The van der Waals surface area contributed by atoms with E-state index in [1.165, 1.54) is 44.2 Å². The van der Waals surface area contributed by atoms with Crippen LogP contribution in [-0.4, -0.2) is 48.0 Å². The highest BCUT2D eigenvalue weighted by atomic mass is 32.1. The Bertz CT molecular complexity index is 546. The van der Waals surface area contributed by atoms with E-state index in [1.54, 1.807) is 11.3 Å². The molecule has 1 saturated heterocycles. The van der Waals surface area contributed by atoms with Crippen molar-refractivity contribution in [1.82, 2.24) is 20.5 Å². The van der Waals surface area contributed by atoms with E-state index >= 15 is 0 Å². The van der Waals surface area contributed by atoms with Crippen LogP contribution in [0.15, 0.2) is 5.38 Å². The number of aromatic nitrogens is 1. The topological polar surface area (TPSA) is 57.3 Å². The number of rotatable bonds is 7. The Morgan fingerprint density at radius 2 is 1.88 bits per heavy atom. The van der Waals surface area contributed by atoms with E-state index in [0.717, 1.165) is 50.6 Å². The van der Waals surface area contributed by atoms with E-state index in [-0.39, 0.29) is 11.8 Å². The van der Waals surface area contributed by atoms with Crippen molar-refractivity contribution < 1.29 is 4.79 Å². The van der Waals surface area contributed by atoms with Crippen molar-refractivity contribution in [3.8, 4) is 0 Å². The van der Waals surface area contributed by atoms with Crippen molar-refractivity contribution >= 4 is 17.2 Å². The van der Waals surface area contributed by atoms with E-state index < -0.39 is 0 Å². The number of piperidine rings is 1. The Kier molecular flexibility index (Phi) is 7.89. The van der Waals surface area contributed by atoms with Gasteiger partial charge in [0.05, 0.1) is 10.7 Å². The summed E-state index contributed by atoms with van der Waals surface area (Å²) in [5.41, 5.74) is 1.17. The summed E-state index contributed by atoms with van der Waals surface area (Å²) >= 11 is 1.71. The molecule has 2 aliphatic rings. The third-order valence-corrected chi connectivity index (χ3v) is 6.55. The second-order valence-corrected chi connectivity index (χ2v) is 8.90. The van der Waals surface area contributed by atoms with Crippen molar-refractivity contribution in [3.63, 3.8) is 0 Å². The maximum atomic E-state index is 12.4. The molecule has 146 valence electrons. The molecule has 1 amide bonds. The predicted molar refractivity (Wildman–Crippen MR) is 107 cm³/mol. The maximum Gasteiger partial charge on any atom is 0.223 e. The molecular formula is C20H34N4OS. The number of likely N-dealkylation sites (tertiary alicyclic amines) is 1. The summed E-state index contributed by atoms with van der Waals surface area (Å²) in [6.07, 6.45) is 9.99. The molecule has 1 aromatic heterocycles. The van der Waals surface area contributed by atoms with Crippen LogP contribution in [0, 0.1) is 12.8 Å². The van der Waals surface area contributed by atoms with Gasteiger partial charge in [0.25, 0.3) is 0 Å². The lowest BCUT2D eigenvalue weighted by Crippen LogP contribution is -2.42. The Labute approximate surface area is 162 Å². The molecule has 26 heavy (non-hydrogen) atoms. The number of amides is 1. The van der Waals surface area contributed by atoms with Crippen LogP contribution in [-0.2, 0) is 11.3 Å². The van der Waals surface area contributed by atoms with Gasteiger partial charge in [0, 0.05) is 37.0 Å². The fourth-order valence-corrected chi connectivity index (χ4v) is 4.76. The van der Waals surface area contributed by atoms with Gasteiger partial charge in [0.2, 0.25) is 5.91 Å². The number of hydrogen-bond acceptors (Lipinski definition) is 5. The number of hydrogen-bond donors (Lipinski definition) is 2. The molecule has 1 saturated carbocycles. The first-order valence-corrected chi connectivity index (χ1v) is 11.2. The summed E-state index contributed by atoms with van der Waals surface area (Å²) in [7, 11) is 0. The second-order valence-electron chi connectivity index (χ2n) is 7.84. The normalized spacial score (nSPS) is 20.8. The van der Waals surface area contributed by atoms with Gasteiger partial charge in [-0.3, -0.25) is 9.69 Å². The first kappa shape index (κ1) is 19.8. The Morgan fingerprint density at radius 1 is 1.15 bits per heavy atom. The van der Waals surface area contributed by atoms with Crippen molar-refractivity contribution in [1.29, 1.82) is 0 Å². The number of thiazole rings is 1. The van der Waals surface area contributed by atoms with Crippen molar-refractivity contribution in [2.75, 3.05) is 26.2 Å². The molecule has 6 heteroatoms. The summed E-state index contributed by atoms with van der Waals surface area (Å²) in [6.45, 7) is 6.62. The number of carbonyl (C=O) groups is 1. The van der Waals surface area contributed by atoms with E-state index in [0.29, 0.717) is 6.04 Å². The van der Waals surface area contributed by atoms with Crippen molar-refractivity contribution in [2.24, 2.45) is 5.92 Å². The van der Waals surface area contributed by atoms with Gasteiger partial charge in [0.1, 0.15) is 0 Å². The summed E-state index contributed by atoms with van der Waals surface area (Å²) in [5, 5.41) is 10.1. The van der Waals surface area contributed by atoms with Crippen LogP contribution >= 0.6 is 11.3 Å². The van der Waals surface area contributed by atoms with Gasteiger partial charge >= 0.3 is 0 Å². The molecule has 0 spiro atoms. The fourth-order valence-electron chi connectivity index (χ4n) is 4.15. The Balaban J connectivity index is 1.28. The molecule has 0 radical (unpaired) electrons. The zero-order chi connectivity index (χ0) is 18.2. The second kappa shape index (κ2) is 10.4. The smallest absolute Gasteiger partial charge is 0.223 e. The highest BCUT2D eigenvalue weighted by Crippen LogP contribution is 2.20. The minimum atomic E-state index is 0.182. The molecule has 3 rings (SSSR count). The minimum Gasteiger partial charge on any atom is -0.355 e. The molecule has 2 fully saturated rings. The molecule has 1 aromatic rings. The number of nitrogens with one attached hydrogen (secondary N) is 2. The third-order valence-electron chi connectivity index (χ3n) is 5.72. The van der Waals surface area contributed by atoms with Gasteiger partial charge in [-0.2, -0.15) is 0 Å². The van der Waals surface area contributed by atoms with Crippen LogP contribution in [0.2, 0.25) is 0 Å². The highest BCUT2D eigenvalue weighted by Gasteiger charge is 2.25. The quantitative estimate of drug-likeness (QED) is 0.565. The van der Waals surface area contributed by atoms with Gasteiger partial charge in [-0.15, -0.1) is 11.3 Å². The van der Waals surface area contributed by atoms with Crippen LogP contribution < -0.4 is 10.6 Å². The van der Waals surface area contributed by atoms with E-state index in [9.17, 15) is 4.79 Å². The predicted octanol–water partition coefficient (Wildman–Crippen LogP) is 3.09. The molecule has 1 aliphatic heterocycles. The summed E-state index contributed by atoms with van der Waals surface area (Å²) in [4.78, 5) is 19.4. The van der Waals surface area contributed by atoms with Crippen LogP contribution in [0.5, 0.6) is 0 Å². The molecule has 2 heterocycles. The zero-order valence-electron chi connectivity index (χ0n) is 16.1.